The van der Waals surface area contributed by atoms with Crippen molar-refractivity contribution in [1.82, 2.24) is 4.57 Å². The van der Waals surface area contributed by atoms with Crippen LogP contribution in [0.4, 0.5) is 24.5 Å². The highest BCUT2D eigenvalue weighted by molar-refractivity contribution is 5.95. The molecule has 0 saturated carbocycles. The molecule has 190 valence electrons. The number of anilines is 2. The van der Waals surface area contributed by atoms with Gasteiger partial charge in [-0.15, -0.1) is 13.2 Å². The van der Waals surface area contributed by atoms with Crippen LogP contribution in [-0.2, 0) is 7.05 Å². The highest BCUT2D eigenvalue weighted by Gasteiger charge is 2.32. The summed E-state index contributed by atoms with van der Waals surface area (Å²) in [6.07, 6.45) is -4.11. The van der Waals surface area contributed by atoms with Gasteiger partial charge >= 0.3 is 6.36 Å². The zero-order chi connectivity index (χ0) is 26.2. The number of hydrogen-bond acceptors (Lipinski definition) is 6. The average Bonchev–Trinajstić information content (AvgIpc) is 2.82. The minimum absolute atomic E-state index is 0.00499. The fourth-order valence-corrected chi connectivity index (χ4v) is 4.83. The van der Waals surface area contributed by atoms with Crippen LogP contribution in [0.5, 0.6) is 11.5 Å². The Hall–Kier alpha value is -3.87. The molecule has 0 spiro atoms. The molecule has 2 atom stereocenters. The lowest BCUT2D eigenvalue weighted by molar-refractivity contribution is -0.274. The second-order valence-electron chi connectivity index (χ2n) is 9.09. The third-order valence-electron chi connectivity index (χ3n) is 6.60. The maximum Gasteiger partial charge on any atom is 0.573 e. The van der Waals surface area contributed by atoms with Crippen LogP contribution < -0.4 is 25.2 Å². The zero-order valence-corrected chi connectivity index (χ0v) is 20.4. The van der Waals surface area contributed by atoms with Gasteiger partial charge in [-0.05, 0) is 43.5 Å². The van der Waals surface area contributed by atoms with E-state index in [1.807, 2.05) is 25.1 Å². The van der Waals surface area contributed by atoms with E-state index in [-0.39, 0.29) is 34.6 Å². The second kappa shape index (κ2) is 9.64. The van der Waals surface area contributed by atoms with Crippen LogP contribution in [0.15, 0.2) is 41.2 Å². The number of aromatic nitrogens is 1. The molecule has 0 radical (unpaired) electrons. The number of nitriles is 1. The number of methoxy groups -OCH3 is 1. The van der Waals surface area contributed by atoms with E-state index >= 15 is 0 Å². The van der Waals surface area contributed by atoms with Gasteiger partial charge in [0.25, 0.3) is 5.56 Å². The van der Waals surface area contributed by atoms with Gasteiger partial charge in [0, 0.05) is 37.6 Å². The predicted octanol–water partition coefficient (Wildman–Crippen LogP) is 4.95. The number of rotatable bonds is 5. The molecule has 4 rings (SSSR count). The van der Waals surface area contributed by atoms with E-state index in [2.05, 4.69) is 27.9 Å². The number of pyridine rings is 1. The molecule has 36 heavy (non-hydrogen) atoms. The molecule has 1 aliphatic rings. The number of halogens is 3. The Morgan fingerprint density at radius 1 is 1.19 bits per heavy atom. The van der Waals surface area contributed by atoms with E-state index in [9.17, 15) is 23.2 Å². The van der Waals surface area contributed by atoms with Crippen molar-refractivity contribution in [2.75, 3.05) is 30.4 Å². The molecule has 1 saturated heterocycles. The van der Waals surface area contributed by atoms with Crippen LogP contribution >= 0.6 is 0 Å². The van der Waals surface area contributed by atoms with Gasteiger partial charge in [0.05, 0.1) is 24.0 Å². The lowest BCUT2D eigenvalue weighted by Crippen LogP contribution is -2.46. The summed E-state index contributed by atoms with van der Waals surface area (Å²) in [5.41, 5.74) is 2.79. The number of hydrogen-bond donors (Lipinski definition) is 1. The number of piperidine rings is 1. The summed E-state index contributed by atoms with van der Waals surface area (Å²) in [5, 5.41) is 14.1. The van der Waals surface area contributed by atoms with Crippen LogP contribution in [0.1, 0.15) is 24.5 Å². The Bertz CT molecular complexity index is 1390. The molecule has 10 heteroatoms. The molecular formula is C26H27F3N4O3. The van der Waals surface area contributed by atoms with Crippen molar-refractivity contribution >= 4 is 22.3 Å². The summed E-state index contributed by atoms with van der Waals surface area (Å²) < 4.78 is 48.5. The minimum Gasteiger partial charge on any atom is -0.494 e. The lowest BCUT2D eigenvalue weighted by atomic mass is 9.92. The summed E-state index contributed by atoms with van der Waals surface area (Å²) in [7, 11) is 3.05. The monoisotopic (exact) mass is 500 g/mol. The number of nitrogens with zero attached hydrogens (tertiary/aromatic N) is 3. The molecular weight excluding hydrogens is 473 g/mol. The highest BCUT2D eigenvalue weighted by Crippen LogP contribution is 2.36. The molecule has 1 fully saturated rings. The van der Waals surface area contributed by atoms with Gasteiger partial charge in [0.2, 0.25) is 0 Å². The SMILES string of the molecule is COc1cc(OC(F)(F)F)ccc1N[C@H]1CCN(c2c(C#N)c(=O)n(C)c3ccc(C)cc23)C[C@H]1C. The van der Waals surface area contributed by atoms with E-state index in [0.717, 1.165) is 16.5 Å². The first-order valence-electron chi connectivity index (χ1n) is 11.5. The maximum absolute atomic E-state index is 12.9. The Kier molecular flexibility index (Phi) is 6.76. The van der Waals surface area contributed by atoms with Crippen molar-refractivity contribution in [3.8, 4) is 17.6 Å². The largest absolute Gasteiger partial charge is 0.573 e. The molecule has 0 unspecified atom stereocenters. The summed E-state index contributed by atoms with van der Waals surface area (Å²) in [5.74, 6) is -0.0270. The smallest absolute Gasteiger partial charge is 0.494 e. The van der Waals surface area contributed by atoms with Gasteiger partial charge in [-0.2, -0.15) is 5.26 Å². The van der Waals surface area contributed by atoms with Crippen molar-refractivity contribution in [1.29, 1.82) is 5.26 Å². The van der Waals surface area contributed by atoms with Crippen LogP contribution in [0.25, 0.3) is 10.9 Å². The van der Waals surface area contributed by atoms with Gasteiger partial charge in [-0.3, -0.25) is 4.79 Å². The Morgan fingerprint density at radius 3 is 2.58 bits per heavy atom. The normalized spacial score (nSPS) is 18.1. The van der Waals surface area contributed by atoms with Crippen molar-refractivity contribution in [3.63, 3.8) is 0 Å². The molecule has 0 amide bonds. The number of nitrogens with one attached hydrogen (secondary N) is 1. The fourth-order valence-electron chi connectivity index (χ4n) is 4.83. The maximum atomic E-state index is 12.9. The zero-order valence-electron chi connectivity index (χ0n) is 20.4. The number of alkyl halides is 3. The number of ether oxygens (including phenoxy) is 2. The topological polar surface area (TPSA) is 79.5 Å². The first-order valence-corrected chi connectivity index (χ1v) is 11.5. The van der Waals surface area contributed by atoms with E-state index in [4.69, 9.17) is 4.74 Å². The molecule has 1 N–H and O–H groups in total. The van der Waals surface area contributed by atoms with Crippen molar-refractivity contribution in [2.24, 2.45) is 13.0 Å². The van der Waals surface area contributed by atoms with Crippen LogP contribution in [0, 0.1) is 24.2 Å². The van der Waals surface area contributed by atoms with Gasteiger partial charge < -0.3 is 24.3 Å². The molecule has 7 nitrogen and oxygen atoms in total. The van der Waals surface area contributed by atoms with E-state index in [0.29, 0.717) is 30.9 Å². The minimum atomic E-state index is -4.79. The van der Waals surface area contributed by atoms with E-state index in [1.54, 1.807) is 7.05 Å². The summed E-state index contributed by atoms with van der Waals surface area (Å²) in [6.45, 7) is 5.19. The van der Waals surface area contributed by atoms with Crippen molar-refractivity contribution < 1.29 is 22.6 Å². The number of benzene rings is 2. The average molecular weight is 501 g/mol. The fraction of sp³-hybridized carbons (Fsp3) is 0.385. The quantitative estimate of drug-likeness (QED) is 0.534. The molecule has 0 aliphatic carbocycles. The van der Waals surface area contributed by atoms with Gasteiger partial charge in [-0.1, -0.05) is 18.6 Å². The predicted molar refractivity (Wildman–Crippen MR) is 132 cm³/mol. The lowest BCUT2D eigenvalue weighted by Gasteiger charge is -2.40. The Labute approximate surface area is 206 Å². The van der Waals surface area contributed by atoms with Gasteiger partial charge in [0.1, 0.15) is 23.1 Å². The second-order valence-corrected chi connectivity index (χ2v) is 9.09. The number of fused-ring (bicyclic) bond motifs is 1. The molecule has 3 aromatic rings. The number of aryl methyl sites for hydroxylation is 2. The highest BCUT2D eigenvalue weighted by atomic mass is 19.4. The third kappa shape index (κ3) is 4.91. The molecule has 1 aromatic heterocycles. The van der Waals surface area contributed by atoms with Gasteiger partial charge in [0.15, 0.2) is 0 Å². The standard InChI is InChI=1S/C26H27F3N4O3/c1-15-5-8-22-18(11-15)24(19(13-30)25(34)32(22)3)33-10-9-20(16(2)14-33)31-21-7-6-17(12-23(21)35-4)36-26(27,28)29/h5-8,11-12,16,20,31H,9-10,14H2,1-4H3/t16-,20+/m1/s1. The van der Waals surface area contributed by atoms with Crippen LogP contribution in [-0.4, -0.2) is 37.2 Å². The summed E-state index contributed by atoms with van der Waals surface area (Å²) in [4.78, 5) is 15.0. The van der Waals surface area contributed by atoms with Crippen LogP contribution in [0.3, 0.4) is 0 Å². The molecule has 0 bridgehead atoms. The molecule has 2 aromatic carbocycles. The van der Waals surface area contributed by atoms with Crippen molar-refractivity contribution in [3.05, 3.63) is 57.9 Å². The van der Waals surface area contributed by atoms with E-state index < -0.39 is 6.36 Å². The third-order valence-corrected chi connectivity index (χ3v) is 6.60. The molecule has 2 heterocycles. The Balaban J connectivity index is 1.60. The van der Waals surface area contributed by atoms with E-state index in [1.165, 1.54) is 29.9 Å². The van der Waals surface area contributed by atoms with Gasteiger partial charge in [-0.25, -0.2) is 0 Å². The summed E-state index contributed by atoms with van der Waals surface area (Å²) in [6, 6.07) is 11.9. The first kappa shape index (κ1) is 25.2. The van der Waals surface area contributed by atoms with Crippen molar-refractivity contribution in [2.45, 2.75) is 32.7 Å². The van der Waals surface area contributed by atoms with Crippen LogP contribution in [0.2, 0.25) is 0 Å². The molecule has 1 aliphatic heterocycles. The Morgan fingerprint density at radius 2 is 1.94 bits per heavy atom. The first-order chi connectivity index (χ1) is 17.0. The summed E-state index contributed by atoms with van der Waals surface area (Å²) >= 11 is 0.